The van der Waals surface area contributed by atoms with Crippen LogP contribution in [0.2, 0.25) is 0 Å². The van der Waals surface area contributed by atoms with E-state index >= 15 is 0 Å². The van der Waals surface area contributed by atoms with Crippen molar-refractivity contribution < 1.29 is 14.2 Å². The van der Waals surface area contributed by atoms with E-state index in [4.69, 9.17) is 20.6 Å². The number of ether oxygens (including phenoxy) is 3. The number of hydrogen-bond donors (Lipinski definition) is 0. The molecule has 0 spiro atoms. The van der Waals surface area contributed by atoms with Crippen molar-refractivity contribution in [2.75, 3.05) is 34.9 Å². The molecule has 5 heteroatoms. The van der Waals surface area contributed by atoms with Gasteiger partial charge in [-0.15, -0.1) is 18.8 Å². The summed E-state index contributed by atoms with van der Waals surface area (Å²) in [6, 6.07) is 3.85. The lowest BCUT2D eigenvalue weighted by Gasteiger charge is -2.17. The van der Waals surface area contributed by atoms with Gasteiger partial charge in [0.2, 0.25) is 5.75 Å². The van der Waals surface area contributed by atoms with Gasteiger partial charge in [-0.25, -0.2) is 0 Å². The normalized spacial score (nSPS) is 9.47. The lowest BCUT2D eigenvalue weighted by atomic mass is 10.1. The van der Waals surface area contributed by atoms with Crippen LogP contribution in [0.15, 0.2) is 12.1 Å². The molecular weight excluding hydrogens is 266 g/mol. The Morgan fingerprint density at radius 2 is 1.63 bits per heavy atom. The van der Waals surface area contributed by atoms with Gasteiger partial charge in [0, 0.05) is 6.54 Å². The Balaban J connectivity index is 0.00000324. The van der Waals surface area contributed by atoms with Gasteiger partial charge >= 0.3 is 0 Å². The summed E-state index contributed by atoms with van der Waals surface area (Å²) in [6.45, 7) is 1.32. The molecule has 0 unspecified atom stereocenters. The Morgan fingerprint density at radius 3 is 2.00 bits per heavy atom. The van der Waals surface area contributed by atoms with Gasteiger partial charge < -0.3 is 14.2 Å². The molecular formula is C14H20ClNO3. The molecule has 0 saturated carbocycles. The van der Waals surface area contributed by atoms with Crippen molar-refractivity contribution in [2.24, 2.45) is 0 Å². The van der Waals surface area contributed by atoms with E-state index in [0.717, 1.165) is 12.1 Å². The molecule has 0 aliphatic rings. The second-order valence-electron chi connectivity index (χ2n) is 3.91. The third kappa shape index (κ3) is 4.55. The van der Waals surface area contributed by atoms with Crippen LogP contribution < -0.4 is 14.2 Å². The lowest BCUT2D eigenvalue weighted by molar-refractivity contribution is 0.320. The molecule has 0 aliphatic heterocycles. The fraction of sp³-hybridized carbons (Fsp3) is 0.429. The molecule has 0 bridgehead atoms. The fourth-order valence-electron chi connectivity index (χ4n) is 1.75. The quantitative estimate of drug-likeness (QED) is 0.750. The van der Waals surface area contributed by atoms with Gasteiger partial charge in [0.15, 0.2) is 11.5 Å². The van der Waals surface area contributed by atoms with Crippen molar-refractivity contribution in [1.29, 1.82) is 0 Å². The summed E-state index contributed by atoms with van der Waals surface area (Å²) in [5, 5.41) is 0. The molecule has 19 heavy (non-hydrogen) atoms. The Bertz CT molecular complexity index is 418. The van der Waals surface area contributed by atoms with Gasteiger partial charge in [0.25, 0.3) is 0 Å². The van der Waals surface area contributed by atoms with E-state index in [1.165, 1.54) is 0 Å². The van der Waals surface area contributed by atoms with Gasteiger partial charge in [-0.3, -0.25) is 4.90 Å². The molecule has 0 N–H and O–H groups in total. The lowest BCUT2D eigenvalue weighted by Crippen LogP contribution is -2.17. The van der Waals surface area contributed by atoms with Crippen LogP contribution >= 0.6 is 12.4 Å². The molecule has 0 heterocycles. The first-order valence-corrected chi connectivity index (χ1v) is 5.57. The van der Waals surface area contributed by atoms with Crippen molar-refractivity contribution >= 4 is 12.4 Å². The number of methoxy groups -OCH3 is 3. The van der Waals surface area contributed by atoms with Crippen LogP contribution in [0.25, 0.3) is 0 Å². The van der Waals surface area contributed by atoms with Crippen LogP contribution in [0.3, 0.4) is 0 Å². The molecule has 0 aromatic heterocycles. The Morgan fingerprint density at radius 1 is 1.11 bits per heavy atom. The van der Waals surface area contributed by atoms with Crippen LogP contribution in [0, 0.1) is 12.3 Å². The highest BCUT2D eigenvalue weighted by molar-refractivity contribution is 5.85. The molecule has 0 saturated heterocycles. The highest BCUT2D eigenvalue weighted by atomic mass is 35.5. The highest BCUT2D eigenvalue weighted by Crippen LogP contribution is 2.38. The van der Waals surface area contributed by atoms with E-state index in [1.54, 1.807) is 21.3 Å². The molecule has 106 valence electrons. The van der Waals surface area contributed by atoms with Crippen LogP contribution in [0.1, 0.15) is 5.56 Å². The van der Waals surface area contributed by atoms with Crippen LogP contribution in [0.4, 0.5) is 0 Å². The van der Waals surface area contributed by atoms with Crippen molar-refractivity contribution in [3.8, 4) is 29.6 Å². The minimum atomic E-state index is 0. The number of benzene rings is 1. The monoisotopic (exact) mass is 285 g/mol. The minimum absolute atomic E-state index is 0. The van der Waals surface area contributed by atoms with E-state index in [9.17, 15) is 0 Å². The molecule has 1 aromatic rings. The average molecular weight is 286 g/mol. The summed E-state index contributed by atoms with van der Waals surface area (Å²) < 4.78 is 15.9. The maximum absolute atomic E-state index is 5.30. The third-order valence-electron chi connectivity index (χ3n) is 2.54. The average Bonchev–Trinajstić information content (AvgIpc) is 2.37. The van der Waals surface area contributed by atoms with Crippen molar-refractivity contribution in [1.82, 2.24) is 4.90 Å². The Hall–Kier alpha value is -1.57. The Kier molecular flexibility index (Phi) is 7.81. The SMILES string of the molecule is C#CCN(C)Cc1cc(OC)c(OC)c(OC)c1.Cl. The van der Waals surface area contributed by atoms with Crippen LogP contribution in [-0.2, 0) is 6.54 Å². The predicted octanol–water partition coefficient (Wildman–Crippen LogP) is 2.20. The number of halogens is 1. The summed E-state index contributed by atoms with van der Waals surface area (Å²) in [6.07, 6.45) is 5.28. The van der Waals surface area contributed by atoms with E-state index in [1.807, 2.05) is 24.1 Å². The van der Waals surface area contributed by atoms with E-state index in [-0.39, 0.29) is 12.4 Å². The first-order valence-electron chi connectivity index (χ1n) is 5.57. The first kappa shape index (κ1) is 17.4. The third-order valence-corrected chi connectivity index (χ3v) is 2.54. The maximum Gasteiger partial charge on any atom is 0.203 e. The highest BCUT2D eigenvalue weighted by Gasteiger charge is 2.13. The molecule has 0 aliphatic carbocycles. The van der Waals surface area contributed by atoms with Gasteiger partial charge in [-0.05, 0) is 24.7 Å². The first-order chi connectivity index (χ1) is 8.65. The molecule has 4 nitrogen and oxygen atoms in total. The molecule has 0 atom stereocenters. The zero-order chi connectivity index (χ0) is 13.5. The van der Waals surface area contributed by atoms with E-state index < -0.39 is 0 Å². The molecule has 0 fully saturated rings. The zero-order valence-electron chi connectivity index (χ0n) is 11.7. The summed E-state index contributed by atoms with van der Waals surface area (Å²) in [5.74, 6) is 4.51. The predicted molar refractivity (Wildman–Crippen MR) is 78.5 cm³/mol. The van der Waals surface area contributed by atoms with Gasteiger partial charge in [0.1, 0.15) is 0 Å². The topological polar surface area (TPSA) is 30.9 Å². The summed E-state index contributed by atoms with van der Waals surface area (Å²) in [4.78, 5) is 2.03. The molecule has 0 amide bonds. The van der Waals surface area contributed by atoms with Gasteiger partial charge in [-0.1, -0.05) is 5.92 Å². The Labute approximate surface area is 121 Å². The van der Waals surface area contributed by atoms with Crippen LogP contribution in [0.5, 0.6) is 17.2 Å². The van der Waals surface area contributed by atoms with E-state index in [2.05, 4.69) is 5.92 Å². The van der Waals surface area contributed by atoms with Gasteiger partial charge in [0.05, 0.1) is 27.9 Å². The maximum atomic E-state index is 5.30. The van der Waals surface area contributed by atoms with Gasteiger partial charge in [-0.2, -0.15) is 0 Å². The largest absolute Gasteiger partial charge is 0.493 e. The molecule has 0 radical (unpaired) electrons. The summed E-state index contributed by atoms with van der Waals surface area (Å²) in [7, 11) is 6.76. The van der Waals surface area contributed by atoms with E-state index in [0.29, 0.717) is 23.8 Å². The summed E-state index contributed by atoms with van der Waals surface area (Å²) in [5.41, 5.74) is 1.06. The second-order valence-corrected chi connectivity index (χ2v) is 3.91. The minimum Gasteiger partial charge on any atom is -0.493 e. The molecule has 1 rings (SSSR count). The fourth-order valence-corrected chi connectivity index (χ4v) is 1.75. The summed E-state index contributed by atoms with van der Waals surface area (Å²) >= 11 is 0. The van der Waals surface area contributed by atoms with Crippen molar-refractivity contribution in [3.05, 3.63) is 17.7 Å². The number of terminal acetylenes is 1. The number of hydrogen-bond acceptors (Lipinski definition) is 4. The van der Waals surface area contributed by atoms with Crippen LogP contribution in [-0.4, -0.2) is 39.8 Å². The standard InChI is InChI=1S/C14H19NO3.ClH/c1-6-7-15(2)10-11-8-12(16-3)14(18-5)13(9-11)17-4;/h1,8-9H,7,10H2,2-5H3;1H. The zero-order valence-corrected chi connectivity index (χ0v) is 12.5. The number of rotatable bonds is 6. The second kappa shape index (κ2) is 8.52. The smallest absolute Gasteiger partial charge is 0.203 e. The number of nitrogens with zero attached hydrogens (tertiary/aromatic N) is 1. The van der Waals surface area contributed by atoms with Crippen molar-refractivity contribution in [2.45, 2.75) is 6.54 Å². The molecule has 1 aromatic carbocycles. The van der Waals surface area contributed by atoms with Crippen molar-refractivity contribution in [3.63, 3.8) is 0 Å².